The van der Waals surface area contributed by atoms with Gasteiger partial charge in [0.25, 0.3) is 5.91 Å². The summed E-state index contributed by atoms with van der Waals surface area (Å²) < 4.78 is 6.86. The Balaban J connectivity index is 1.44. The fourth-order valence-corrected chi connectivity index (χ4v) is 4.14. The SMILES string of the molecule is Cc1ccc(NC(=O)COC(=O)CSc2nc3ccccc3s2)cc1Cl. The molecule has 3 aromatic rings. The highest BCUT2D eigenvalue weighted by Crippen LogP contribution is 2.29. The highest BCUT2D eigenvalue weighted by molar-refractivity contribution is 8.01. The number of thioether (sulfide) groups is 1. The number of thiazole rings is 1. The van der Waals surface area contributed by atoms with Crippen LogP contribution >= 0.6 is 34.7 Å². The average Bonchev–Trinajstić information content (AvgIpc) is 3.04. The molecule has 134 valence electrons. The van der Waals surface area contributed by atoms with Crippen molar-refractivity contribution in [3.8, 4) is 0 Å². The predicted octanol–water partition coefficient (Wildman–Crippen LogP) is 4.53. The Hall–Kier alpha value is -2.09. The number of hydrogen-bond acceptors (Lipinski definition) is 6. The zero-order valence-corrected chi connectivity index (χ0v) is 16.2. The quantitative estimate of drug-likeness (QED) is 0.481. The van der Waals surface area contributed by atoms with E-state index in [-0.39, 0.29) is 12.4 Å². The van der Waals surface area contributed by atoms with Crippen LogP contribution in [0.15, 0.2) is 46.8 Å². The lowest BCUT2D eigenvalue weighted by Crippen LogP contribution is -2.21. The van der Waals surface area contributed by atoms with Crippen molar-refractivity contribution >= 4 is 62.5 Å². The molecule has 0 fully saturated rings. The number of fused-ring (bicyclic) bond motifs is 1. The molecule has 0 radical (unpaired) electrons. The van der Waals surface area contributed by atoms with Crippen molar-refractivity contribution in [1.29, 1.82) is 0 Å². The number of nitrogens with one attached hydrogen (secondary N) is 1. The van der Waals surface area contributed by atoms with Gasteiger partial charge in [0.15, 0.2) is 10.9 Å². The Labute approximate surface area is 163 Å². The van der Waals surface area contributed by atoms with E-state index in [0.717, 1.165) is 20.1 Å². The largest absolute Gasteiger partial charge is 0.455 e. The fourth-order valence-electron chi connectivity index (χ4n) is 2.09. The normalized spacial score (nSPS) is 10.7. The molecule has 1 N–H and O–H groups in total. The van der Waals surface area contributed by atoms with Crippen LogP contribution in [0.25, 0.3) is 10.2 Å². The molecule has 0 aliphatic carbocycles. The molecule has 0 spiro atoms. The standard InChI is InChI=1S/C18H15ClN2O3S2/c1-11-6-7-12(8-13(11)19)20-16(22)9-24-17(23)10-25-18-21-14-4-2-3-5-15(14)26-18/h2-8H,9-10H2,1H3,(H,20,22). The highest BCUT2D eigenvalue weighted by atomic mass is 35.5. The Morgan fingerprint density at radius 2 is 2.08 bits per heavy atom. The topological polar surface area (TPSA) is 68.3 Å². The first-order valence-electron chi connectivity index (χ1n) is 7.71. The number of carbonyl (C=O) groups is 2. The summed E-state index contributed by atoms with van der Waals surface area (Å²) in [4.78, 5) is 28.1. The molecule has 3 rings (SSSR count). The molecule has 0 saturated carbocycles. The summed E-state index contributed by atoms with van der Waals surface area (Å²) in [6, 6.07) is 13.0. The summed E-state index contributed by atoms with van der Waals surface area (Å²) in [5.41, 5.74) is 2.39. The van der Waals surface area contributed by atoms with Gasteiger partial charge in [-0.15, -0.1) is 11.3 Å². The number of aryl methyl sites for hydroxylation is 1. The van der Waals surface area contributed by atoms with Crippen LogP contribution in [0, 0.1) is 6.92 Å². The lowest BCUT2D eigenvalue weighted by molar-refractivity contribution is -0.144. The molecular formula is C18H15ClN2O3S2. The number of aromatic nitrogens is 1. The van der Waals surface area contributed by atoms with Gasteiger partial charge in [0, 0.05) is 10.7 Å². The number of rotatable bonds is 6. The number of ether oxygens (including phenoxy) is 1. The number of halogens is 1. The molecular weight excluding hydrogens is 392 g/mol. The zero-order valence-electron chi connectivity index (χ0n) is 13.8. The molecule has 8 heteroatoms. The molecule has 0 saturated heterocycles. The number of benzene rings is 2. The number of carbonyl (C=O) groups excluding carboxylic acids is 2. The van der Waals surface area contributed by atoms with E-state index in [1.165, 1.54) is 23.1 Å². The number of anilines is 1. The molecule has 0 aliphatic rings. The van der Waals surface area contributed by atoms with Crippen molar-refractivity contribution in [3.05, 3.63) is 53.1 Å². The minimum atomic E-state index is -0.466. The summed E-state index contributed by atoms with van der Waals surface area (Å²) in [5, 5.41) is 3.20. The monoisotopic (exact) mass is 406 g/mol. The number of esters is 1. The van der Waals surface area contributed by atoms with Gasteiger partial charge in [0.2, 0.25) is 0 Å². The summed E-state index contributed by atoms with van der Waals surface area (Å²) in [6.45, 7) is 1.53. The van der Waals surface area contributed by atoms with Crippen molar-refractivity contribution < 1.29 is 14.3 Å². The van der Waals surface area contributed by atoms with Gasteiger partial charge in [-0.25, -0.2) is 4.98 Å². The Bertz CT molecular complexity index is 926. The molecule has 26 heavy (non-hydrogen) atoms. The third-order valence-corrected chi connectivity index (χ3v) is 5.97. The Kier molecular flexibility index (Phi) is 6.13. The maximum atomic E-state index is 11.9. The first kappa shape index (κ1) is 18.7. The number of hydrogen-bond donors (Lipinski definition) is 1. The molecule has 0 bridgehead atoms. The second-order valence-corrected chi connectivity index (χ2v) is 8.07. The first-order valence-corrected chi connectivity index (χ1v) is 9.89. The van der Waals surface area contributed by atoms with Crippen molar-refractivity contribution in [2.75, 3.05) is 17.7 Å². The van der Waals surface area contributed by atoms with E-state index < -0.39 is 11.9 Å². The van der Waals surface area contributed by atoms with Gasteiger partial charge in [-0.1, -0.05) is 41.6 Å². The van der Waals surface area contributed by atoms with E-state index in [1.54, 1.807) is 18.2 Å². The lowest BCUT2D eigenvalue weighted by atomic mass is 10.2. The Morgan fingerprint density at radius 3 is 2.85 bits per heavy atom. The van der Waals surface area contributed by atoms with Gasteiger partial charge >= 0.3 is 5.97 Å². The van der Waals surface area contributed by atoms with Crippen molar-refractivity contribution in [2.24, 2.45) is 0 Å². The molecule has 1 heterocycles. The van der Waals surface area contributed by atoms with E-state index in [1.807, 2.05) is 31.2 Å². The van der Waals surface area contributed by atoms with Crippen LogP contribution in [0.5, 0.6) is 0 Å². The molecule has 0 unspecified atom stereocenters. The van der Waals surface area contributed by atoms with Crippen LogP contribution in [0.4, 0.5) is 5.69 Å². The van der Waals surface area contributed by atoms with Gasteiger partial charge in [-0.3, -0.25) is 9.59 Å². The van der Waals surface area contributed by atoms with Crippen LogP contribution < -0.4 is 5.32 Å². The number of para-hydroxylation sites is 1. The highest BCUT2D eigenvalue weighted by Gasteiger charge is 2.11. The Morgan fingerprint density at radius 1 is 1.27 bits per heavy atom. The number of nitrogens with zero attached hydrogens (tertiary/aromatic N) is 1. The summed E-state index contributed by atoms with van der Waals surface area (Å²) >= 11 is 8.83. The molecule has 0 aliphatic heterocycles. The molecule has 1 amide bonds. The van der Waals surface area contributed by atoms with Gasteiger partial charge in [0.1, 0.15) is 0 Å². The first-order chi connectivity index (χ1) is 12.5. The second-order valence-electron chi connectivity index (χ2n) is 5.41. The minimum absolute atomic E-state index is 0.101. The van der Waals surface area contributed by atoms with Crippen LogP contribution in [0.3, 0.4) is 0 Å². The van der Waals surface area contributed by atoms with Crippen molar-refractivity contribution in [2.45, 2.75) is 11.3 Å². The van der Waals surface area contributed by atoms with Gasteiger partial charge in [-0.2, -0.15) is 0 Å². The van der Waals surface area contributed by atoms with Gasteiger partial charge in [0.05, 0.1) is 16.0 Å². The summed E-state index contributed by atoms with van der Waals surface area (Å²) in [6.07, 6.45) is 0. The minimum Gasteiger partial charge on any atom is -0.455 e. The third-order valence-electron chi connectivity index (χ3n) is 3.41. The predicted molar refractivity (Wildman–Crippen MR) is 106 cm³/mol. The van der Waals surface area contributed by atoms with E-state index in [0.29, 0.717) is 10.7 Å². The maximum Gasteiger partial charge on any atom is 0.316 e. The van der Waals surface area contributed by atoms with Crippen molar-refractivity contribution in [1.82, 2.24) is 4.98 Å². The van der Waals surface area contributed by atoms with Crippen LogP contribution in [-0.2, 0) is 14.3 Å². The fraction of sp³-hybridized carbons (Fsp3) is 0.167. The molecule has 5 nitrogen and oxygen atoms in total. The van der Waals surface area contributed by atoms with Crippen LogP contribution in [0.2, 0.25) is 5.02 Å². The molecule has 2 aromatic carbocycles. The van der Waals surface area contributed by atoms with E-state index >= 15 is 0 Å². The average molecular weight is 407 g/mol. The van der Waals surface area contributed by atoms with Gasteiger partial charge < -0.3 is 10.1 Å². The van der Waals surface area contributed by atoms with Gasteiger partial charge in [-0.05, 0) is 36.8 Å². The smallest absolute Gasteiger partial charge is 0.316 e. The van der Waals surface area contributed by atoms with Crippen molar-refractivity contribution in [3.63, 3.8) is 0 Å². The molecule has 1 aromatic heterocycles. The van der Waals surface area contributed by atoms with E-state index in [4.69, 9.17) is 16.3 Å². The summed E-state index contributed by atoms with van der Waals surface area (Å²) in [7, 11) is 0. The lowest BCUT2D eigenvalue weighted by Gasteiger charge is -2.07. The molecule has 0 atom stereocenters. The summed E-state index contributed by atoms with van der Waals surface area (Å²) in [5.74, 6) is -0.779. The van der Waals surface area contributed by atoms with E-state index in [2.05, 4.69) is 10.3 Å². The zero-order chi connectivity index (χ0) is 18.5. The van der Waals surface area contributed by atoms with E-state index in [9.17, 15) is 9.59 Å². The second kappa shape index (κ2) is 8.53. The third kappa shape index (κ3) is 4.97. The van der Waals surface area contributed by atoms with Crippen LogP contribution in [0.1, 0.15) is 5.56 Å². The maximum absolute atomic E-state index is 11.9. The number of amides is 1. The van der Waals surface area contributed by atoms with Crippen LogP contribution in [-0.4, -0.2) is 29.2 Å².